The molecular formula is C16H16INO3. The van der Waals surface area contributed by atoms with Gasteiger partial charge in [0.1, 0.15) is 5.75 Å². The van der Waals surface area contributed by atoms with Crippen molar-refractivity contribution in [3.63, 3.8) is 0 Å². The number of rotatable bonds is 5. The van der Waals surface area contributed by atoms with Crippen LogP contribution in [0.2, 0.25) is 0 Å². The number of benzene rings is 2. The van der Waals surface area contributed by atoms with Crippen LogP contribution < -0.4 is 10.1 Å². The quantitative estimate of drug-likeness (QED) is 0.761. The molecule has 0 saturated carbocycles. The molecule has 4 nitrogen and oxygen atoms in total. The lowest BCUT2D eigenvalue weighted by Crippen LogP contribution is -2.12. The molecule has 0 aliphatic carbocycles. The summed E-state index contributed by atoms with van der Waals surface area (Å²) < 4.78 is 6.49. The fourth-order valence-electron chi connectivity index (χ4n) is 1.88. The van der Waals surface area contributed by atoms with Gasteiger partial charge in [-0.1, -0.05) is 0 Å². The molecule has 0 fully saturated rings. The number of aliphatic hydroxyl groups excluding tert-OH is 1. The summed E-state index contributed by atoms with van der Waals surface area (Å²) >= 11 is 2.19. The zero-order chi connectivity index (χ0) is 15.2. The van der Waals surface area contributed by atoms with Crippen LogP contribution in [0, 0.1) is 3.57 Å². The lowest BCUT2D eigenvalue weighted by molar-refractivity contribution is 0.102. The smallest absolute Gasteiger partial charge is 0.255 e. The Hall–Kier alpha value is -1.60. The van der Waals surface area contributed by atoms with Crippen molar-refractivity contribution in [2.45, 2.75) is 13.5 Å². The maximum absolute atomic E-state index is 12.1. The van der Waals surface area contributed by atoms with Gasteiger partial charge in [-0.25, -0.2) is 0 Å². The highest BCUT2D eigenvalue weighted by molar-refractivity contribution is 14.1. The van der Waals surface area contributed by atoms with E-state index in [1.54, 1.807) is 30.3 Å². The van der Waals surface area contributed by atoms with E-state index in [1.807, 2.05) is 19.1 Å². The van der Waals surface area contributed by atoms with Crippen LogP contribution in [-0.4, -0.2) is 17.6 Å². The number of halogens is 1. The first kappa shape index (κ1) is 15.8. The third kappa shape index (κ3) is 4.18. The number of nitrogens with one attached hydrogen (secondary N) is 1. The van der Waals surface area contributed by atoms with Crippen molar-refractivity contribution in [3.8, 4) is 5.75 Å². The molecule has 0 aliphatic rings. The van der Waals surface area contributed by atoms with Gasteiger partial charge in [0, 0.05) is 20.4 Å². The zero-order valence-corrected chi connectivity index (χ0v) is 13.8. The standard InChI is InChI=1S/C16H16INO3/c1-2-21-15-8-7-14(9-12(15)10-19)18-16(20)11-3-5-13(17)6-4-11/h3-9,19H,2,10H2,1H3,(H,18,20). The van der Waals surface area contributed by atoms with Gasteiger partial charge in [-0.15, -0.1) is 0 Å². The number of anilines is 1. The molecule has 5 heteroatoms. The molecule has 2 rings (SSSR count). The molecule has 0 heterocycles. The predicted molar refractivity (Wildman–Crippen MR) is 90.6 cm³/mol. The highest BCUT2D eigenvalue weighted by atomic mass is 127. The average Bonchev–Trinajstić information content (AvgIpc) is 2.49. The summed E-state index contributed by atoms with van der Waals surface area (Å²) in [7, 11) is 0. The summed E-state index contributed by atoms with van der Waals surface area (Å²) in [6.07, 6.45) is 0. The molecule has 0 spiro atoms. The van der Waals surface area contributed by atoms with Gasteiger partial charge in [0.15, 0.2) is 0 Å². The molecule has 0 atom stereocenters. The summed E-state index contributed by atoms with van der Waals surface area (Å²) in [5, 5.41) is 12.2. The van der Waals surface area contributed by atoms with Crippen LogP contribution in [0.5, 0.6) is 5.75 Å². The minimum Gasteiger partial charge on any atom is -0.494 e. The number of carbonyl (C=O) groups excluding carboxylic acids is 1. The van der Waals surface area contributed by atoms with Crippen LogP contribution in [0.25, 0.3) is 0 Å². The normalized spacial score (nSPS) is 10.2. The second-order valence-electron chi connectivity index (χ2n) is 4.37. The van der Waals surface area contributed by atoms with Crippen LogP contribution in [0.4, 0.5) is 5.69 Å². The summed E-state index contributed by atoms with van der Waals surface area (Å²) in [6.45, 7) is 2.28. The van der Waals surface area contributed by atoms with E-state index in [4.69, 9.17) is 4.74 Å². The van der Waals surface area contributed by atoms with Crippen LogP contribution in [-0.2, 0) is 6.61 Å². The van der Waals surface area contributed by atoms with E-state index >= 15 is 0 Å². The Kier molecular flexibility index (Phi) is 5.58. The van der Waals surface area contributed by atoms with Crippen molar-refractivity contribution in [3.05, 3.63) is 57.2 Å². The molecule has 0 saturated heterocycles. The molecule has 2 aromatic rings. The van der Waals surface area contributed by atoms with Gasteiger partial charge in [-0.3, -0.25) is 4.79 Å². The summed E-state index contributed by atoms with van der Waals surface area (Å²) in [5.41, 5.74) is 1.87. The number of hydrogen-bond acceptors (Lipinski definition) is 3. The first-order valence-corrected chi connectivity index (χ1v) is 7.65. The van der Waals surface area contributed by atoms with Crippen LogP contribution >= 0.6 is 22.6 Å². The van der Waals surface area contributed by atoms with E-state index in [9.17, 15) is 9.90 Å². The van der Waals surface area contributed by atoms with E-state index in [2.05, 4.69) is 27.9 Å². The Morgan fingerprint density at radius 2 is 1.95 bits per heavy atom. The van der Waals surface area contributed by atoms with E-state index < -0.39 is 0 Å². The fraction of sp³-hybridized carbons (Fsp3) is 0.188. The van der Waals surface area contributed by atoms with Crippen molar-refractivity contribution < 1.29 is 14.6 Å². The highest BCUT2D eigenvalue weighted by Crippen LogP contribution is 2.23. The van der Waals surface area contributed by atoms with Gasteiger partial charge in [-0.05, 0) is 72.0 Å². The van der Waals surface area contributed by atoms with E-state index in [0.29, 0.717) is 29.2 Å². The summed E-state index contributed by atoms with van der Waals surface area (Å²) in [6, 6.07) is 12.5. The first-order chi connectivity index (χ1) is 10.1. The van der Waals surface area contributed by atoms with Gasteiger partial charge in [0.05, 0.1) is 13.2 Å². The van der Waals surface area contributed by atoms with Crippen molar-refractivity contribution in [2.75, 3.05) is 11.9 Å². The molecule has 1 amide bonds. The molecule has 0 radical (unpaired) electrons. The summed E-state index contributed by atoms with van der Waals surface area (Å²) in [4.78, 5) is 12.1. The molecule has 2 aromatic carbocycles. The largest absolute Gasteiger partial charge is 0.494 e. The second kappa shape index (κ2) is 7.42. The number of hydrogen-bond donors (Lipinski definition) is 2. The molecule has 21 heavy (non-hydrogen) atoms. The fourth-order valence-corrected chi connectivity index (χ4v) is 2.24. The zero-order valence-electron chi connectivity index (χ0n) is 11.6. The molecule has 0 aliphatic heterocycles. The van der Waals surface area contributed by atoms with Crippen LogP contribution in [0.3, 0.4) is 0 Å². The first-order valence-electron chi connectivity index (χ1n) is 6.57. The Bertz CT molecular complexity index is 626. The van der Waals surface area contributed by atoms with Gasteiger partial charge >= 0.3 is 0 Å². The maximum atomic E-state index is 12.1. The van der Waals surface area contributed by atoms with Gasteiger partial charge < -0.3 is 15.2 Å². The number of ether oxygens (including phenoxy) is 1. The van der Waals surface area contributed by atoms with Crippen LogP contribution in [0.15, 0.2) is 42.5 Å². The molecule has 2 N–H and O–H groups in total. The Morgan fingerprint density at radius 1 is 1.24 bits per heavy atom. The summed E-state index contributed by atoms with van der Waals surface area (Å²) in [5.74, 6) is 0.451. The highest BCUT2D eigenvalue weighted by Gasteiger charge is 2.08. The SMILES string of the molecule is CCOc1ccc(NC(=O)c2ccc(I)cc2)cc1CO. The van der Waals surface area contributed by atoms with E-state index in [1.165, 1.54) is 0 Å². The van der Waals surface area contributed by atoms with Crippen molar-refractivity contribution in [1.82, 2.24) is 0 Å². The lowest BCUT2D eigenvalue weighted by Gasteiger charge is -2.11. The molecule has 0 unspecified atom stereocenters. The van der Waals surface area contributed by atoms with Crippen LogP contribution in [0.1, 0.15) is 22.8 Å². The lowest BCUT2D eigenvalue weighted by atomic mass is 10.1. The van der Waals surface area contributed by atoms with Crippen molar-refractivity contribution >= 4 is 34.2 Å². The Labute approximate surface area is 137 Å². The second-order valence-corrected chi connectivity index (χ2v) is 5.62. The molecule has 110 valence electrons. The predicted octanol–water partition coefficient (Wildman–Crippen LogP) is 3.43. The molecule has 0 bridgehead atoms. The number of aliphatic hydroxyl groups is 1. The average molecular weight is 397 g/mol. The third-order valence-corrected chi connectivity index (χ3v) is 3.61. The molecule has 0 aromatic heterocycles. The van der Waals surface area contributed by atoms with Crippen molar-refractivity contribution in [2.24, 2.45) is 0 Å². The van der Waals surface area contributed by atoms with Gasteiger partial charge in [0.25, 0.3) is 5.91 Å². The maximum Gasteiger partial charge on any atom is 0.255 e. The monoisotopic (exact) mass is 397 g/mol. The number of amides is 1. The van der Waals surface area contributed by atoms with Crippen molar-refractivity contribution in [1.29, 1.82) is 0 Å². The van der Waals surface area contributed by atoms with Gasteiger partial charge in [0.2, 0.25) is 0 Å². The van der Waals surface area contributed by atoms with E-state index in [-0.39, 0.29) is 12.5 Å². The topological polar surface area (TPSA) is 58.6 Å². The Balaban J connectivity index is 2.15. The Morgan fingerprint density at radius 3 is 2.57 bits per heavy atom. The van der Waals surface area contributed by atoms with E-state index in [0.717, 1.165) is 3.57 Å². The molecular weight excluding hydrogens is 381 g/mol. The minimum absolute atomic E-state index is 0.136. The number of carbonyl (C=O) groups is 1. The minimum atomic E-state index is -0.181. The van der Waals surface area contributed by atoms with Gasteiger partial charge in [-0.2, -0.15) is 0 Å². The third-order valence-electron chi connectivity index (χ3n) is 2.89.